The minimum absolute atomic E-state index is 0.151. The molecule has 0 aliphatic rings. The van der Waals surface area contributed by atoms with Crippen LogP contribution in [-0.4, -0.2) is 16.8 Å². The van der Waals surface area contributed by atoms with Crippen molar-refractivity contribution >= 4 is 50.9 Å². The van der Waals surface area contributed by atoms with Crippen LogP contribution in [0.25, 0.3) is 0 Å². The van der Waals surface area contributed by atoms with E-state index < -0.39 is 5.91 Å². The first-order chi connectivity index (χ1) is 8.58. The van der Waals surface area contributed by atoms with Gasteiger partial charge in [0.1, 0.15) is 5.69 Å². The molecule has 2 rings (SSSR count). The largest absolute Gasteiger partial charge is 0.364 e. The van der Waals surface area contributed by atoms with Gasteiger partial charge < -0.3 is 5.73 Å². The van der Waals surface area contributed by atoms with Gasteiger partial charge in [-0.15, -0.1) is 11.3 Å². The Morgan fingerprint density at radius 1 is 1.33 bits per heavy atom. The molecule has 0 spiro atoms. The predicted molar refractivity (Wildman–Crippen MR) is 77.7 cm³/mol. The van der Waals surface area contributed by atoms with Crippen molar-refractivity contribution in [3.63, 3.8) is 0 Å². The smallest absolute Gasteiger partial charge is 0.268 e. The molecule has 2 aromatic rings. The molecule has 0 atom stereocenters. The van der Waals surface area contributed by atoms with Crippen LogP contribution in [0.3, 0.4) is 0 Å². The van der Waals surface area contributed by atoms with Crippen molar-refractivity contribution in [2.75, 3.05) is 5.32 Å². The highest BCUT2D eigenvalue weighted by Gasteiger charge is 2.12. The van der Waals surface area contributed by atoms with Gasteiger partial charge in [-0.25, -0.2) is 4.98 Å². The van der Waals surface area contributed by atoms with Crippen LogP contribution in [-0.2, 0) is 0 Å². The number of carbonyl (C=O) groups excluding carboxylic acids is 2. The lowest BCUT2D eigenvalue weighted by Gasteiger charge is -2.03. The van der Waals surface area contributed by atoms with Crippen molar-refractivity contribution in [1.82, 2.24) is 4.98 Å². The molecular formula is C11H8IN3O2S. The normalized spacial score (nSPS) is 10.1. The molecule has 1 aromatic heterocycles. The fraction of sp³-hybridized carbons (Fsp3) is 0. The summed E-state index contributed by atoms with van der Waals surface area (Å²) in [6, 6.07) is 7.20. The van der Waals surface area contributed by atoms with Gasteiger partial charge in [-0.2, -0.15) is 0 Å². The van der Waals surface area contributed by atoms with E-state index in [0.717, 1.165) is 14.9 Å². The number of hydrogen-bond donors (Lipinski definition) is 2. The number of primary amides is 1. The monoisotopic (exact) mass is 373 g/mol. The van der Waals surface area contributed by atoms with E-state index in [1.165, 1.54) is 5.38 Å². The molecule has 2 amide bonds. The minimum atomic E-state index is -0.610. The van der Waals surface area contributed by atoms with Crippen molar-refractivity contribution in [1.29, 1.82) is 0 Å². The number of benzene rings is 1. The fourth-order valence-corrected chi connectivity index (χ4v) is 2.58. The zero-order chi connectivity index (χ0) is 13.1. The molecule has 0 saturated heterocycles. The predicted octanol–water partition coefficient (Wildman–Crippen LogP) is 2.10. The van der Waals surface area contributed by atoms with Gasteiger partial charge in [0, 0.05) is 8.95 Å². The van der Waals surface area contributed by atoms with E-state index in [-0.39, 0.29) is 11.6 Å². The third-order valence-corrected chi connectivity index (χ3v) is 3.79. The van der Waals surface area contributed by atoms with Crippen LogP contribution in [0.15, 0.2) is 29.6 Å². The number of thiazole rings is 1. The van der Waals surface area contributed by atoms with Gasteiger partial charge in [0.05, 0.1) is 5.56 Å². The van der Waals surface area contributed by atoms with E-state index in [4.69, 9.17) is 5.73 Å². The average molecular weight is 373 g/mol. The topological polar surface area (TPSA) is 85.1 Å². The second-order valence-corrected chi connectivity index (χ2v) is 5.36. The third-order valence-electron chi connectivity index (χ3n) is 2.10. The Labute approximate surface area is 121 Å². The number of rotatable bonds is 3. The summed E-state index contributed by atoms with van der Waals surface area (Å²) in [5, 5.41) is 4.49. The summed E-state index contributed by atoms with van der Waals surface area (Å²) in [5.41, 5.74) is 5.80. The van der Waals surface area contributed by atoms with Crippen LogP contribution < -0.4 is 11.1 Å². The Balaban J connectivity index is 2.16. The zero-order valence-electron chi connectivity index (χ0n) is 9.01. The number of amides is 2. The number of halogens is 1. The summed E-state index contributed by atoms with van der Waals surface area (Å²) in [6.07, 6.45) is 0. The third kappa shape index (κ3) is 2.85. The van der Waals surface area contributed by atoms with Crippen molar-refractivity contribution in [3.05, 3.63) is 44.5 Å². The van der Waals surface area contributed by atoms with E-state index in [1.54, 1.807) is 12.1 Å². The maximum Gasteiger partial charge on any atom is 0.268 e. The number of nitrogens with one attached hydrogen (secondary N) is 1. The zero-order valence-corrected chi connectivity index (χ0v) is 12.0. The van der Waals surface area contributed by atoms with Crippen LogP contribution in [0.5, 0.6) is 0 Å². The highest BCUT2D eigenvalue weighted by Crippen LogP contribution is 2.18. The fourth-order valence-electron chi connectivity index (χ4n) is 1.25. The molecule has 5 nitrogen and oxygen atoms in total. The van der Waals surface area contributed by atoms with Gasteiger partial charge in [0.15, 0.2) is 5.13 Å². The molecular weight excluding hydrogens is 365 g/mol. The Morgan fingerprint density at radius 3 is 2.67 bits per heavy atom. The molecule has 1 heterocycles. The number of hydrogen-bond acceptors (Lipinski definition) is 4. The second kappa shape index (κ2) is 5.44. The van der Waals surface area contributed by atoms with Crippen LogP contribution in [0.1, 0.15) is 20.8 Å². The Morgan fingerprint density at radius 2 is 2.06 bits per heavy atom. The molecule has 0 fully saturated rings. The number of nitrogens with two attached hydrogens (primary N) is 1. The minimum Gasteiger partial charge on any atom is -0.364 e. The van der Waals surface area contributed by atoms with E-state index in [9.17, 15) is 9.59 Å². The van der Waals surface area contributed by atoms with Crippen LogP contribution in [0.2, 0.25) is 0 Å². The summed E-state index contributed by atoms with van der Waals surface area (Å²) in [5.74, 6) is -0.869. The Bertz CT molecular complexity index is 612. The molecule has 0 aliphatic carbocycles. The van der Waals surface area contributed by atoms with Gasteiger partial charge in [-0.05, 0) is 34.7 Å². The van der Waals surface area contributed by atoms with Crippen molar-refractivity contribution < 1.29 is 9.59 Å². The highest BCUT2D eigenvalue weighted by molar-refractivity contribution is 14.1. The van der Waals surface area contributed by atoms with E-state index >= 15 is 0 Å². The van der Waals surface area contributed by atoms with Crippen LogP contribution in [0.4, 0.5) is 5.13 Å². The van der Waals surface area contributed by atoms with Crippen LogP contribution >= 0.6 is 33.9 Å². The van der Waals surface area contributed by atoms with E-state index in [1.807, 2.05) is 12.1 Å². The molecule has 0 radical (unpaired) electrons. The first kappa shape index (κ1) is 13.0. The summed E-state index contributed by atoms with van der Waals surface area (Å²) < 4.78 is 0.847. The lowest BCUT2D eigenvalue weighted by atomic mass is 10.2. The number of aromatic nitrogens is 1. The molecule has 18 heavy (non-hydrogen) atoms. The van der Waals surface area contributed by atoms with Crippen molar-refractivity contribution in [3.8, 4) is 0 Å². The molecule has 0 saturated carbocycles. The van der Waals surface area contributed by atoms with Gasteiger partial charge in [-0.3, -0.25) is 14.9 Å². The maximum absolute atomic E-state index is 11.9. The first-order valence-corrected chi connectivity index (χ1v) is 6.85. The van der Waals surface area contributed by atoms with E-state index in [0.29, 0.717) is 10.7 Å². The van der Waals surface area contributed by atoms with Crippen LogP contribution in [0, 0.1) is 3.57 Å². The quantitative estimate of drug-likeness (QED) is 0.809. The highest BCUT2D eigenvalue weighted by atomic mass is 127. The van der Waals surface area contributed by atoms with Gasteiger partial charge in [0.2, 0.25) is 0 Å². The second-order valence-electron chi connectivity index (χ2n) is 3.34. The lowest BCUT2D eigenvalue weighted by Crippen LogP contribution is -2.14. The Kier molecular flexibility index (Phi) is 3.92. The van der Waals surface area contributed by atoms with Gasteiger partial charge in [-0.1, -0.05) is 12.1 Å². The van der Waals surface area contributed by atoms with Crippen molar-refractivity contribution in [2.24, 2.45) is 5.73 Å². The number of nitrogens with zero attached hydrogens (tertiary/aromatic N) is 1. The number of carbonyl (C=O) groups is 2. The van der Waals surface area contributed by atoms with Gasteiger partial charge >= 0.3 is 0 Å². The lowest BCUT2D eigenvalue weighted by molar-refractivity contribution is 0.0992. The van der Waals surface area contributed by atoms with E-state index in [2.05, 4.69) is 32.9 Å². The molecule has 3 N–H and O–H groups in total. The average Bonchev–Trinajstić information content (AvgIpc) is 2.78. The maximum atomic E-state index is 11.9. The first-order valence-electron chi connectivity index (χ1n) is 4.89. The van der Waals surface area contributed by atoms with Gasteiger partial charge in [0.25, 0.3) is 11.8 Å². The summed E-state index contributed by atoms with van der Waals surface area (Å²) in [7, 11) is 0. The molecule has 0 unspecified atom stereocenters. The molecule has 0 aliphatic heterocycles. The summed E-state index contributed by atoms with van der Waals surface area (Å²) >= 11 is 3.24. The molecule has 0 bridgehead atoms. The van der Waals surface area contributed by atoms with Crippen molar-refractivity contribution in [2.45, 2.75) is 0 Å². The number of anilines is 1. The molecule has 1 aromatic carbocycles. The summed E-state index contributed by atoms with van der Waals surface area (Å²) in [6.45, 7) is 0. The molecule has 92 valence electrons. The Hall–Kier alpha value is -1.48. The SMILES string of the molecule is NC(=O)c1csc(NC(=O)c2ccccc2I)n1. The summed E-state index contributed by atoms with van der Waals surface area (Å²) in [4.78, 5) is 26.7. The molecule has 7 heteroatoms. The standard InChI is InChI=1S/C11H8IN3O2S/c12-7-4-2-1-3-6(7)10(17)15-11-14-8(5-18-11)9(13)16/h1-5H,(H2,13,16)(H,14,15,17).